The van der Waals surface area contributed by atoms with E-state index in [0.29, 0.717) is 36.5 Å². The van der Waals surface area contributed by atoms with E-state index >= 15 is 0 Å². The van der Waals surface area contributed by atoms with Gasteiger partial charge in [0.1, 0.15) is 0 Å². The van der Waals surface area contributed by atoms with E-state index in [2.05, 4.69) is 48.5 Å². The van der Waals surface area contributed by atoms with Crippen LogP contribution in [0.2, 0.25) is 0 Å². The van der Waals surface area contributed by atoms with Crippen LogP contribution in [0.1, 0.15) is 171 Å². The lowest BCUT2D eigenvalue weighted by Gasteiger charge is -2.64. The second-order valence-corrected chi connectivity index (χ2v) is 26.2. The fraction of sp³-hybridized carbons (Fsp3) is 0.981. The van der Waals surface area contributed by atoms with Gasteiger partial charge in [-0.15, -0.1) is 0 Å². The SMILES string of the molecule is C[C@H]1[C@@H](OC(=O)CC[C@@H](C)[C@H]2CC[C@H]3[C@@H]4[C@H](O)C[C@@H]5C[C@H](O[C@H]6O[C@@H]7O[C@]8(C)CC[C@H]9[C@H](C)CC[C@@H]([C@H]6C)[C@@]79OO8)CC[C@]5(C)[C@H]4C[C@H](O)[C@]23C)O[C@@H]2O[C@]3(C)CC[C@H]4[C@H](C)CC[C@@H]1[C@@]24OO3. The van der Waals surface area contributed by atoms with E-state index in [-0.39, 0.29) is 88.5 Å². The summed E-state index contributed by atoms with van der Waals surface area (Å²) in [5, 5.41) is 24.8. The van der Waals surface area contributed by atoms with Crippen LogP contribution in [0.4, 0.5) is 0 Å². The molecular weight excluding hydrogens is 857 g/mol. The van der Waals surface area contributed by atoms with Crippen LogP contribution >= 0.6 is 0 Å². The second-order valence-electron chi connectivity index (χ2n) is 26.2. The van der Waals surface area contributed by atoms with Crippen LogP contribution in [-0.4, -0.2) is 82.4 Å². The first-order valence-corrected chi connectivity index (χ1v) is 27.4. The molecule has 0 unspecified atom stereocenters. The van der Waals surface area contributed by atoms with Crippen molar-refractivity contribution in [1.29, 1.82) is 0 Å². The van der Waals surface area contributed by atoms with Gasteiger partial charge in [0.15, 0.2) is 30.1 Å². The Morgan fingerprint density at radius 3 is 1.85 bits per heavy atom. The number of rotatable bonds is 7. The lowest BCUT2D eigenvalue weighted by atomic mass is 9.43. The Kier molecular flexibility index (Phi) is 11.4. The standard InChI is InChI=1S/C54H84O13/c1-27(12-17-43(57)59-46-31(5)38-14-11-29(3)36-20-23-51(8)63-48(61-46)54(36,38)67-65-51)34-15-16-39-44-40(26-42(56)52(34,39)9)49(6)21-18-33(24-32(49)25-41(44)55)58-45-30(4)37-13-10-28(2)35-19-22-50(7)62-47(60-45)53(35,37)66-64-50/h27-42,44-48,55-56H,10-26H2,1-9H3/t27-,28-,29-,30-,31-,32+,33-,34-,35+,36+,37+,38+,39+,40+,41-,42+,44+,45+,46+,47-,48-,49+,50+,51+,52-,53-,54-/m1/s1. The minimum atomic E-state index is -0.883. The third-order valence-corrected chi connectivity index (χ3v) is 23.1. The van der Waals surface area contributed by atoms with Crippen molar-refractivity contribution >= 4 is 5.97 Å². The Bertz CT molecular complexity index is 1900. The Labute approximate surface area is 399 Å². The highest BCUT2D eigenvalue weighted by atomic mass is 17.3. The number of carbonyl (C=O) groups excluding carboxylic acids is 1. The van der Waals surface area contributed by atoms with Crippen molar-refractivity contribution in [2.24, 2.45) is 93.7 Å². The molecule has 6 saturated carbocycles. The number of hydrogen-bond donors (Lipinski definition) is 2. The van der Waals surface area contributed by atoms with Gasteiger partial charge in [-0.3, -0.25) is 4.79 Å². The van der Waals surface area contributed by atoms with E-state index in [9.17, 15) is 15.0 Å². The van der Waals surface area contributed by atoms with E-state index in [4.69, 9.17) is 48.0 Å². The summed E-state index contributed by atoms with van der Waals surface area (Å²) in [7, 11) is 0. The molecule has 67 heavy (non-hydrogen) atoms. The topological polar surface area (TPSA) is 150 Å². The molecule has 8 saturated heterocycles. The van der Waals surface area contributed by atoms with Crippen LogP contribution in [0.3, 0.4) is 0 Å². The minimum absolute atomic E-state index is 0.00559. The summed E-state index contributed by atoms with van der Waals surface area (Å²) in [6.45, 7) is 20.0. The number of fused-ring (bicyclic) bond motifs is 9. The molecule has 8 heterocycles. The Morgan fingerprint density at radius 2 is 1.22 bits per heavy atom. The summed E-state index contributed by atoms with van der Waals surface area (Å²) in [5.74, 6) is 1.31. The molecule has 2 N–H and O–H groups in total. The summed E-state index contributed by atoms with van der Waals surface area (Å²) >= 11 is 0. The molecule has 8 aliphatic heterocycles. The molecule has 13 nitrogen and oxygen atoms in total. The molecular formula is C54H84O13. The molecule has 0 radical (unpaired) electrons. The van der Waals surface area contributed by atoms with Gasteiger partial charge in [-0.2, -0.15) is 0 Å². The van der Waals surface area contributed by atoms with Gasteiger partial charge < -0.3 is 38.6 Å². The molecule has 14 rings (SSSR count). The molecule has 0 amide bonds. The highest BCUT2D eigenvalue weighted by molar-refractivity contribution is 5.69. The maximum atomic E-state index is 13.8. The molecule has 27 atom stereocenters. The summed E-state index contributed by atoms with van der Waals surface area (Å²) in [6.07, 6.45) is 11.8. The van der Waals surface area contributed by atoms with Gasteiger partial charge in [-0.1, -0.05) is 48.5 Å². The lowest BCUT2D eigenvalue weighted by molar-refractivity contribution is -0.578. The first kappa shape index (κ1) is 47.1. The van der Waals surface area contributed by atoms with Crippen LogP contribution < -0.4 is 0 Å². The lowest BCUT2D eigenvalue weighted by Crippen LogP contribution is -2.70. The summed E-state index contributed by atoms with van der Waals surface area (Å²) in [4.78, 5) is 38.5. The van der Waals surface area contributed by atoms with E-state index in [1.807, 2.05) is 13.8 Å². The van der Waals surface area contributed by atoms with Gasteiger partial charge in [0.05, 0.1) is 18.3 Å². The van der Waals surface area contributed by atoms with Crippen LogP contribution in [0.25, 0.3) is 0 Å². The third kappa shape index (κ3) is 6.79. The maximum absolute atomic E-state index is 13.8. The zero-order valence-corrected chi connectivity index (χ0v) is 42.0. The van der Waals surface area contributed by atoms with Gasteiger partial charge in [-0.05, 0) is 174 Å². The van der Waals surface area contributed by atoms with E-state index in [0.717, 1.165) is 89.9 Å². The third-order valence-electron chi connectivity index (χ3n) is 23.1. The van der Waals surface area contributed by atoms with Crippen molar-refractivity contribution < 1.29 is 63.0 Å². The summed E-state index contributed by atoms with van der Waals surface area (Å²) < 4.78 is 39.9. The molecule has 13 heteroatoms. The Morgan fingerprint density at radius 1 is 0.642 bits per heavy atom. The van der Waals surface area contributed by atoms with E-state index < -0.39 is 60.1 Å². The van der Waals surface area contributed by atoms with Crippen LogP contribution in [0, 0.1) is 93.7 Å². The number of esters is 1. The van der Waals surface area contributed by atoms with Crippen molar-refractivity contribution in [3.63, 3.8) is 0 Å². The highest BCUT2D eigenvalue weighted by Gasteiger charge is 2.72. The molecule has 378 valence electrons. The predicted octanol–water partition coefficient (Wildman–Crippen LogP) is 9.35. The number of ether oxygens (including phenoxy) is 6. The van der Waals surface area contributed by atoms with Crippen molar-refractivity contribution in [2.75, 3.05) is 0 Å². The average Bonchev–Trinajstić information content (AvgIpc) is 3.37. The molecule has 14 aliphatic rings. The number of aliphatic hydroxyl groups excluding tert-OH is 2. The smallest absolute Gasteiger partial charge is 0.308 e. The second kappa shape index (κ2) is 16.3. The molecule has 14 fully saturated rings. The van der Waals surface area contributed by atoms with E-state index in [1.165, 1.54) is 0 Å². The summed E-state index contributed by atoms with van der Waals surface area (Å²) in [6, 6.07) is 0. The van der Waals surface area contributed by atoms with Crippen molar-refractivity contribution in [3.05, 3.63) is 0 Å². The molecule has 0 aromatic heterocycles. The molecule has 0 aromatic rings. The van der Waals surface area contributed by atoms with Gasteiger partial charge >= 0.3 is 5.97 Å². The normalized spacial score (nSPS) is 59.9. The van der Waals surface area contributed by atoms with Crippen LogP contribution in [0.5, 0.6) is 0 Å². The van der Waals surface area contributed by atoms with Gasteiger partial charge in [0.2, 0.25) is 17.9 Å². The predicted molar refractivity (Wildman–Crippen MR) is 241 cm³/mol. The summed E-state index contributed by atoms with van der Waals surface area (Å²) in [5.41, 5.74) is -1.63. The molecule has 4 bridgehead atoms. The number of aliphatic hydroxyl groups is 2. The minimum Gasteiger partial charge on any atom is -0.435 e. The quantitative estimate of drug-likeness (QED) is 0.142. The van der Waals surface area contributed by atoms with Crippen LogP contribution in [-0.2, 0) is 52.8 Å². The first-order valence-electron chi connectivity index (χ1n) is 27.4. The zero-order valence-electron chi connectivity index (χ0n) is 42.0. The van der Waals surface area contributed by atoms with Crippen LogP contribution in [0.15, 0.2) is 0 Å². The van der Waals surface area contributed by atoms with Crippen molar-refractivity contribution in [2.45, 2.75) is 238 Å². The van der Waals surface area contributed by atoms with Gasteiger partial charge in [0, 0.05) is 42.9 Å². The zero-order chi connectivity index (χ0) is 46.8. The fourth-order valence-electron chi connectivity index (χ4n) is 19.2. The van der Waals surface area contributed by atoms with Crippen molar-refractivity contribution in [1.82, 2.24) is 0 Å². The number of carbonyl (C=O) groups is 1. The van der Waals surface area contributed by atoms with E-state index in [1.54, 1.807) is 0 Å². The van der Waals surface area contributed by atoms with Gasteiger partial charge in [-0.25, -0.2) is 19.6 Å². The van der Waals surface area contributed by atoms with Crippen molar-refractivity contribution in [3.8, 4) is 0 Å². The Balaban J connectivity index is 0.682. The maximum Gasteiger partial charge on any atom is 0.308 e. The fourth-order valence-corrected chi connectivity index (χ4v) is 19.2. The largest absolute Gasteiger partial charge is 0.435 e. The van der Waals surface area contributed by atoms with Gasteiger partial charge in [0.25, 0.3) is 0 Å². The average molecular weight is 941 g/mol. The molecule has 6 aliphatic carbocycles. The number of hydrogen-bond acceptors (Lipinski definition) is 13. The first-order chi connectivity index (χ1) is 31.8. The monoisotopic (exact) mass is 941 g/mol. The molecule has 0 aromatic carbocycles. The highest BCUT2D eigenvalue weighted by Crippen LogP contribution is 2.69. The molecule has 2 spiro atoms. The Hall–Kier alpha value is -0.970.